The molecule has 1 N–H and O–H groups in total. The van der Waals surface area contributed by atoms with Gasteiger partial charge < -0.3 is 10.1 Å². The minimum Gasteiger partial charge on any atom is -0.477 e. The van der Waals surface area contributed by atoms with E-state index in [1.54, 1.807) is 19.2 Å². The highest BCUT2D eigenvalue weighted by Crippen LogP contribution is 2.28. The van der Waals surface area contributed by atoms with Gasteiger partial charge in [0.1, 0.15) is 12.4 Å². The number of carbonyl (C=O) groups excluding carboxylic acids is 2. The average Bonchev–Trinajstić information content (AvgIpc) is 2.88. The van der Waals surface area contributed by atoms with E-state index in [1.807, 2.05) is 69.3 Å². The number of hydrogen-bond acceptors (Lipinski definition) is 5. The molecular formula is C31H33N3O3. The minimum atomic E-state index is -0.565. The molecule has 0 aliphatic rings. The topological polar surface area (TPSA) is 81.2 Å². The van der Waals surface area contributed by atoms with Crippen molar-refractivity contribution in [3.63, 3.8) is 0 Å². The smallest absolute Gasteiger partial charge is 0.256 e. The maximum absolute atomic E-state index is 13.3. The number of ketones is 1. The van der Waals surface area contributed by atoms with E-state index in [-0.39, 0.29) is 18.3 Å². The molecule has 0 atom stereocenters. The number of rotatable bonds is 9. The number of aromatic nitrogens is 2. The lowest BCUT2D eigenvalue weighted by Gasteiger charge is -2.20. The highest BCUT2D eigenvalue weighted by atomic mass is 16.5. The zero-order valence-electron chi connectivity index (χ0n) is 22.1. The zero-order chi connectivity index (χ0) is 26.6. The quantitative estimate of drug-likeness (QED) is 0.276. The van der Waals surface area contributed by atoms with E-state index in [9.17, 15) is 9.59 Å². The van der Waals surface area contributed by atoms with Crippen LogP contribution >= 0.6 is 0 Å². The van der Waals surface area contributed by atoms with Crippen molar-refractivity contribution in [2.24, 2.45) is 5.41 Å². The molecule has 0 fully saturated rings. The van der Waals surface area contributed by atoms with Crippen LogP contribution in [0.4, 0.5) is 5.69 Å². The average molecular weight is 496 g/mol. The van der Waals surface area contributed by atoms with Crippen LogP contribution in [0.5, 0.6) is 5.88 Å². The van der Waals surface area contributed by atoms with Gasteiger partial charge in [0.25, 0.3) is 5.91 Å². The fourth-order valence-corrected chi connectivity index (χ4v) is 4.04. The summed E-state index contributed by atoms with van der Waals surface area (Å²) < 4.78 is 5.73. The van der Waals surface area contributed by atoms with Gasteiger partial charge in [-0.15, -0.1) is 0 Å². The third kappa shape index (κ3) is 6.02. The number of benzene rings is 2. The highest BCUT2D eigenvalue weighted by Gasteiger charge is 2.24. The van der Waals surface area contributed by atoms with Crippen molar-refractivity contribution in [1.82, 2.24) is 9.97 Å². The van der Waals surface area contributed by atoms with Gasteiger partial charge in [-0.3, -0.25) is 14.6 Å². The Morgan fingerprint density at radius 1 is 1.00 bits per heavy atom. The highest BCUT2D eigenvalue weighted by molar-refractivity contribution is 6.13. The molecule has 0 unspecified atom stereocenters. The van der Waals surface area contributed by atoms with Crippen LogP contribution in [0.2, 0.25) is 0 Å². The predicted octanol–water partition coefficient (Wildman–Crippen LogP) is 6.80. The normalized spacial score (nSPS) is 11.4. The molecule has 0 saturated heterocycles. The largest absolute Gasteiger partial charge is 0.477 e. The van der Waals surface area contributed by atoms with Gasteiger partial charge in [0.2, 0.25) is 5.88 Å². The van der Waals surface area contributed by atoms with Gasteiger partial charge in [-0.2, -0.15) is 0 Å². The molecule has 6 heteroatoms. The second-order valence-corrected chi connectivity index (χ2v) is 10.0. The van der Waals surface area contributed by atoms with Crippen molar-refractivity contribution in [3.05, 3.63) is 83.7 Å². The molecule has 2 aromatic carbocycles. The van der Waals surface area contributed by atoms with Crippen molar-refractivity contribution >= 4 is 28.3 Å². The first-order chi connectivity index (χ1) is 17.7. The number of ether oxygens (including phenoxy) is 1. The summed E-state index contributed by atoms with van der Waals surface area (Å²) in [6, 6.07) is 19.4. The summed E-state index contributed by atoms with van der Waals surface area (Å²) in [7, 11) is 0. The lowest BCUT2D eigenvalue weighted by atomic mass is 9.90. The number of amides is 1. The monoisotopic (exact) mass is 495 g/mol. The molecule has 4 rings (SSSR count). The predicted molar refractivity (Wildman–Crippen MR) is 148 cm³/mol. The first-order valence-electron chi connectivity index (χ1n) is 12.6. The van der Waals surface area contributed by atoms with Crippen molar-refractivity contribution < 1.29 is 14.3 Å². The van der Waals surface area contributed by atoms with Crippen LogP contribution in [0.25, 0.3) is 22.0 Å². The summed E-state index contributed by atoms with van der Waals surface area (Å²) in [5.41, 5.74) is 5.35. The van der Waals surface area contributed by atoms with E-state index < -0.39 is 5.41 Å². The fraction of sp³-hybridized carbons (Fsp3) is 0.290. The zero-order valence-corrected chi connectivity index (χ0v) is 22.1. The van der Waals surface area contributed by atoms with Crippen molar-refractivity contribution in [2.45, 2.75) is 47.5 Å². The Kier molecular flexibility index (Phi) is 7.67. The first kappa shape index (κ1) is 26.0. The lowest BCUT2D eigenvalue weighted by Crippen LogP contribution is -2.29. The van der Waals surface area contributed by atoms with E-state index in [0.717, 1.165) is 51.8 Å². The number of Topliss-reactive ketones (excluding diaryl/α,β-unsaturated/α-hetero) is 1. The Hall–Kier alpha value is -4.06. The van der Waals surface area contributed by atoms with Crippen LogP contribution in [-0.2, 0) is 11.2 Å². The molecule has 0 bridgehead atoms. The van der Waals surface area contributed by atoms with Gasteiger partial charge in [-0.05, 0) is 69.5 Å². The summed E-state index contributed by atoms with van der Waals surface area (Å²) in [6.07, 6.45) is 3.65. The summed E-state index contributed by atoms with van der Waals surface area (Å²) in [6.45, 7) is 9.56. The third-order valence-corrected chi connectivity index (χ3v) is 6.57. The van der Waals surface area contributed by atoms with E-state index >= 15 is 0 Å². The molecule has 2 aromatic heterocycles. The second-order valence-electron chi connectivity index (χ2n) is 10.0. The molecule has 0 saturated carbocycles. The Bertz CT molecular complexity index is 1440. The molecule has 1 amide bonds. The van der Waals surface area contributed by atoms with E-state index in [2.05, 4.69) is 23.3 Å². The van der Waals surface area contributed by atoms with Crippen LogP contribution in [0.3, 0.4) is 0 Å². The summed E-state index contributed by atoms with van der Waals surface area (Å²) in [4.78, 5) is 34.1. The summed E-state index contributed by atoms with van der Waals surface area (Å²) in [5.74, 6) is 0.389. The van der Waals surface area contributed by atoms with Gasteiger partial charge in [0.15, 0.2) is 0 Å². The van der Waals surface area contributed by atoms with Gasteiger partial charge >= 0.3 is 0 Å². The van der Waals surface area contributed by atoms with Crippen LogP contribution in [0, 0.1) is 12.3 Å². The number of hydrogen-bond donors (Lipinski definition) is 1. The van der Waals surface area contributed by atoms with Crippen LogP contribution in [-0.4, -0.2) is 28.3 Å². The maximum Gasteiger partial charge on any atom is 0.256 e. The van der Waals surface area contributed by atoms with E-state index in [1.165, 1.54) is 0 Å². The minimum absolute atomic E-state index is 0.0706. The third-order valence-electron chi connectivity index (χ3n) is 6.57. The number of carbonyl (C=O) groups is 2. The van der Waals surface area contributed by atoms with Gasteiger partial charge in [0, 0.05) is 34.6 Å². The van der Waals surface area contributed by atoms with E-state index in [4.69, 9.17) is 9.72 Å². The van der Waals surface area contributed by atoms with Crippen molar-refractivity contribution in [2.75, 3.05) is 11.9 Å². The number of fused-ring (bicyclic) bond motifs is 1. The Morgan fingerprint density at radius 3 is 2.46 bits per heavy atom. The second kappa shape index (κ2) is 10.9. The standard InChI is InChI=1S/C31H33N3O3/c1-6-9-22-10-7-8-11-27(22)34-30(36)26-16-20(2)33-28-17-23(12-14-25(26)28)24-13-15-29(32-18-24)37-19-31(4,5)21(3)35/h7-8,10-18H,6,9,19H2,1-5H3,(H,34,36). The number of aryl methyl sites for hydroxylation is 2. The number of anilines is 1. The molecule has 190 valence electrons. The van der Waals surface area contributed by atoms with Crippen molar-refractivity contribution in [3.8, 4) is 17.0 Å². The molecule has 2 heterocycles. The Morgan fingerprint density at radius 2 is 1.76 bits per heavy atom. The lowest BCUT2D eigenvalue weighted by molar-refractivity contribution is -0.126. The number of para-hydroxylation sites is 1. The molecule has 0 aliphatic heterocycles. The Balaban J connectivity index is 1.58. The number of pyridine rings is 2. The first-order valence-corrected chi connectivity index (χ1v) is 12.6. The molecule has 0 aliphatic carbocycles. The maximum atomic E-state index is 13.3. The van der Waals surface area contributed by atoms with Crippen LogP contribution in [0.15, 0.2) is 66.9 Å². The molecule has 0 radical (unpaired) electrons. The summed E-state index contributed by atoms with van der Waals surface area (Å²) >= 11 is 0. The number of nitrogens with one attached hydrogen (secondary N) is 1. The molecular weight excluding hydrogens is 462 g/mol. The Labute approximate surface area is 218 Å². The summed E-state index contributed by atoms with van der Waals surface area (Å²) in [5, 5.41) is 3.89. The van der Waals surface area contributed by atoms with Gasteiger partial charge in [-0.1, -0.05) is 43.7 Å². The van der Waals surface area contributed by atoms with E-state index in [0.29, 0.717) is 11.4 Å². The molecule has 37 heavy (non-hydrogen) atoms. The fourth-order valence-electron chi connectivity index (χ4n) is 4.04. The van der Waals surface area contributed by atoms with Crippen LogP contribution < -0.4 is 10.1 Å². The van der Waals surface area contributed by atoms with Crippen molar-refractivity contribution in [1.29, 1.82) is 0 Å². The van der Waals surface area contributed by atoms with Gasteiger partial charge in [0.05, 0.1) is 16.5 Å². The SMILES string of the molecule is CCCc1ccccc1NC(=O)c1cc(C)nc2cc(-c3ccc(OCC(C)(C)C(C)=O)nc3)ccc12. The number of nitrogens with zero attached hydrogens (tertiary/aromatic N) is 2. The molecule has 4 aromatic rings. The van der Waals surface area contributed by atoms with Crippen LogP contribution in [0.1, 0.15) is 55.7 Å². The molecule has 6 nitrogen and oxygen atoms in total. The van der Waals surface area contributed by atoms with Gasteiger partial charge in [-0.25, -0.2) is 4.98 Å². The molecule has 0 spiro atoms.